The molecule has 0 spiro atoms. The van der Waals surface area contributed by atoms with Gasteiger partial charge in [0.2, 0.25) is 0 Å². The van der Waals surface area contributed by atoms with E-state index >= 15 is 0 Å². The SMILES string of the molecule is CCC(C)(NC(=O)c1cccc(OCC(=O)O)c1)c1nccs1. The molecule has 122 valence electrons. The van der Waals surface area contributed by atoms with Gasteiger partial charge in [-0.25, -0.2) is 9.78 Å². The lowest BCUT2D eigenvalue weighted by Crippen LogP contribution is -2.43. The Morgan fingerprint density at radius 2 is 2.22 bits per heavy atom. The molecule has 6 nitrogen and oxygen atoms in total. The lowest BCUT2D eigenvalue weighted by Gasteiger charge is -2.27. The molecule has 0 aliphatic rings. The number of carbonyl (C=O) groups excluding carboxylic acids is 1. The van der Waals surface area contributed by atoms with E-state index in [0.717, 1.165) is 5.01 Å². The van der Waals surface area contributed by atoms with Crippen molar-refractivity contribution >= 4 is 23.2 Å². The first kappa shape index (κ1) is 17.0. The standard InChI is InChI=1S/C16H18N2O4S/c1-3-16(2,15-17-7-8-23-15)18-14(21)11-5-4-6-12(9-11)22-10-13(19)20/h4-9H,3,10H2,1-2H3,(H,18,21)(H,19,20). The van der Waals surface area contributed by atoms with Gasteiger partial charge in [-0.05, 0) is 31.5 Å². The van der Waals surface area contributed by atoms with Crippen molar-refractivity contribution in [1.82, 2.24) is 10.3 Å². The lowest BCUT2D eigenvalue weighted by molar-refractivity contribution is -0.139. The molecule has 0 saturated carbocycles. The monoisotopic (exact) mass is 334 g/mol. The molecular formula is C16H18N2O4S. The molecule has 7 heteroatoms. The zero-order valence-electron chi connectivity index (χ0n) is 12.9. The highest BCUT2D eigenvalue weighted by atomic mass is 32.1. The minimum absolute atomic E-state index is 0.259. The number of carbonyl (C=O) groups is 2. The molecule has 2 N–H and O–H groups in total. The van der Waals surface area contributed by atoms with E-state index in [-0.39, 0.29) is 5.91 Å². The largest absolute Gasteiger partial charge is 0.482 e. The van der Waals surface area contributed by atoms with E-state index in [1.807, 2.05) is 19.2 Å². The minimum Gasteiger partial charge on any atom is -0.482 e. The molecular weight excluding hydrogens is 316 g/mol. The predicted molar refractivity (Wildman–Crippen MR) is 86.8 cm³/mol. The molecule has 2 aromatic rings. The van der Waals surface area contributed by atoms with Gasteiger partial charge in [0.15, 0.2) is 6.61 Å². The zero-order chi connectivity index (χ0) is 16.9. The molecule has 1 amide bonds. The van der Waals surface area contributed by atoms with Crippen LogP contribution < -0.4 is 10.1 Å². The van der Waals surface area contributed by atoms with Crippen molar-refractivity contribution in [2.45, 2.75) is 25.8 Å². The number of carboxylic acid groups (broad SMARTS) is 1. The number of carboxylic acids is 1. The van der Waals surface area contributed by atoms with E-state index in [0.29, 0.717) is 17.7 Å². The quantitative estimate of drug-likeness (QED) is 0.812. The summed E-state index contributed by atoms with van der Waals surface area (Å²) in [5, 5.41) is 14.3. The molecule has 1 atom stereocenters. The molecule has 0 fully saturated rings. The van der Waals surface area contributed by atoms with E-state index in [2.05, 4.69) is 10.3 Å². The Labute approximate surface area is 138 Å². The van der Waals surface area contributed by atoms with Gasteiger partial charge in [0.25, 0.3) is 5.91 Å². The number of nitrogens with one attached hydrogen (secondary N) is 1. The summed E-state index contributed by atoms with van der Waals surface area (Å²) in [7, 11) is 0. The van der Waals surface area contributed by atoms with Gasteiger partial charge in [-0.3, -0.25) is 4.79 Å². The van der Waals surface area contributed by atoms with Crippen molar-refractivity contribution in [3.05, 3.63) is 46.4 Å². The van der Waals surface area contributed by atoms with Crippen molar-refractivity contribution in [3.63, 3.8) is 0 Å². The number of aromatic nitrogens is 1. The smallest absolute Gasteiger partial charge is 0.341 e. The Bertz CT molecular complexity index is 687. The molecule has 1 aromatic carbocycles. The number of amides is 1. The topological polar surface area (TPSA) is 88.5 Å². The number of hydrogen-bond donors (Lipinski definition) is 2. The van der Waals surface area contributed by atoms with Gasteiger partial charge in [-0.2, -0.15) is 0 Å². The number of benzene rings is 1. The average molecular weight is 334 g/mol. The second kappa shape index (κ2) is 7.23. The Morgan fingerprint density at radius 3 is 2.83 bits per heavy atom. The molecule has 2 rings (SSSR count). The summed E-state index contributed by atoms with van der Waals surface area (Å²) in [6, 6.07) is 6.44. The van der Waals surface area contributed by atoms with E-state index in [1.165, 1.54) is 17.4 Å². The van der Waals surface area contributed by atoms with Crippen LogP contribution in [0.3, 0.4) is 0 Å². The molecule has 1 unspecified atom stereocenters. The maximum Gasteiger partial charge on any atom is 0.341 e. The summed E-state index contributed by atoms with van der Waals surface area (Å²) in [4.78, 5) is 27.3. The summed E-state index contributed by atoms with van der Waals surface area (Å²) < 4.78 is 5.10. The number of thiazole rings is 1. The Balaban J connectivity index is 2.14. The normalized spacial score (nSPS) is 13.1. The molecule has 0 saturated heterocycles. The van der Waals surface area contributed by atoms with Crippen LogP contribution in [-0.2, 0) is 10.3 Å². The summed E-state index contributed by atoms with van der Waals surface area (Å²) >= 11 is 1.49. The van der Waals surface area contributed by atoms with E-state index in [4.69, 9.17) is 9.84 Å². The van der Waals surface area contributed by atoms with Gasteiger partial charge in [-0.15, -0.1) is 11.3 Å². The lowest BCUT2D eigenvalue weighted by atomic mass is 9.99. The van der Waals surface area contributed by atoms with Crippen molar-refractivity contribution < 1.29 is 19.4 Å². The fourth-order valence-corrected chi connectivity index (χ4v) is 2.81. The Kier molecular flexibility index (Phi) is 5.33. The van der Waals surface area contributed by atoms with Gasteiger partial charge in [0.05, 0.1) is 5.54 Å². The number of rotatable bonds is 7. The van der Waals surface area contributed by atoms with Gasteiger partial charge in [0, 0.05) is 17.1 Å². The minimum atomic E-state index is -1.07. The van der Waals surface area contributed by atoms with Crippen molar-refractivity contribution in [2.75, 3.05) is 6.61 Å². The molecule has 0 aliphatic heterocycles. The van der Waals surface area contributed by atoms with E-state index in [1.54, 1.807) is 24.4 Å². The molecule has 0 aliphatic carbocycles. The Hall–Kier alpha value is -2.41. The summed E-state index contributed by atoms with van der Waals surface area (Å²) in [5.74, 6) is -0.986. The van der Waals surface area contributed by atoms with E-state index < -0.39 is 18.1 Å². The Morgan fingerprint density at radius 1 is 1.43 bits per heavy atom. The average Bonchev–Trinajstić information content (AvgIpc) is 3.08. The molecule has 0 radical (unpaired) electrons. The second-order valence-electron chi connectivity index (χ2n) is 5.19. The fraction of sp³-hybridized carbons (Fsp3) is 0.312. The molecule has 1 heterocycles. The van der Waals surface area contributed by atoms with E-state index in [9.17, 15) is 9.59 Å². The summed E-state index contributed by atoms with van der Waals surface area (Å²) in [6.07, 6.45) is 2.40. The zero-order valence-corrected chi connectivity index (χ0v) is 13.7. The van der Waals surface area contributed by atoms with Crippen LogP contribution in [0.25, 0.3) is 0 Å². The highest BCUT2D eigenvalue weighted by Gasteiger charge is 2.29. The van der Waals surface area contributed by atoms with Crippen LogP contribution in [0.4, 0.5) is 0 Å². The van der Waals surface area contributed by atoms with Crippen LogP contribution in [0.2, 0.25) is 0 Å². The predicted octanol–water partition coefficient (Wildman–Crippen LogP) is 2.66. The maximum atomic E-state index is 12.5. The third-order valence-electron chi connectivity index (χ3n) is 3.46. The highest BCUT2D eigenvalue weighted by molar-refractivity contribution is 7.09. The third-order valence-corrected chi connectivity index (χ3v) is 4.50. The van der Waals surface area contributed by atoms with Crippen LogP contribution >= 0.6 is 11.3 Å². The second-order valence-corrected chi connectivity index (χ2v) is 6.08. The molecule has 1 aromatic heterocycles. The van der Waals surface area contributed by atoms with Gasteiger partial charge < -0.3 is 15.2 Å². The van der Waals surface area contributed by atoms with Crippen LogP contribution in [-0.4, -0.2) is 28.6 Å². The number of ether oxygens (including phenoxy) is 1. The molecule has 23 heavy (non-hydrogen) atoms. The molecule has 0 bridgehead atoms. The fourth-order valence-electron chi connectivity index (χ4n) is 1.98. The van der Waals surface area contributed by atoms with Gasteiger partial charge >= 0.3 is 5.97 Å². The van der Waals surface area contributed by atoms with Crippen molar-refractivity contribution in [1.29, 1.82) is 0 Å². The summed E-state index contributed by atoms with van der Waals surface area (Å²) in [5.41, 5.74) is -0.146. The van der Waals surface area contributed by atoms with Crippen molar-refractivity contribution in [3.8, 4) is 5.75 Å². The van der Waals surface area contributed by atoms with Crippen LogP contribution in [0.5, 0.6) is 5.75 Å². The number of aliphatic carboxylic acids is 1. The summed E-state index contributed by atoms with van der Waals surface area (Å²) in [6.45, 7) is 3.46. The van der Waals surface area contributed by atoms with Gasteiger partial charge in [-0.1, -0.05) is 13.0 Å². The van der Waals surface area contributed by atoms with Crippen LogP contribution in [0.15, 0.2) is 35.8 Å². The highest BCUT2D eigenvalue weighted by Crippen LogP contribution is 2.27. The first-order chi connectivity index (χ1) is 10.9. The van der Waals surface area contributed by atoms with Gasteiger partial charge in [0.1, 0.15) is 10.8 Å². The first-order valence-electron chi connectivity index (χ1n) is 7.12. The first-order valence-corrected chi connectivity index (χ1v) is 7.99. The number of nitrogens with zero attached hydrogens (tertiary/aromatic N) is 1. The van der Waals surface area contributed by atoms with Crippen LogP contribution in [0, 0.1) is 0 Å². The van der Waals surface area contributed by atoms with Crippen molar-refractivity contribution in [2.24, 2.45) is 0 Å². The third kappa shape index (κ3) is 4.29. The number of hydrogen-bond acceptors (Lipinski definition) is 5. The van der Waals surface area contributed by atoms with Crippen LogP contribution in [0.1, 0.15) is 35.6 Å². The maximum absolute atomic E-state index is 12.5.